The molecule has 2 rings (SSSR count). The topological polar surface area (TPSA) is 38.0 Å². The van der Waals surface area contributed by atoms with E-state index in [-0.39, 0.29) is 5.75 Å². The third-order valence-electron chi connectivity index (χ3n) is 2.23. The standard InChI is InChI=1S/C11H11BrN2O/c1-2-14-10(12)7-13-11(14)8-4-3-5-9(15)6-8/h3-7,15H,2H2,1H3. The Balaban J connectivity index is 2.54. The van der Waals surface area contributed by atoms with Gasteiger partial charge in [0.15, 0.2) is 0 Å². The van der Waals surface area contributed by atoms with Crippen molar-refractivity contribution in [3.63, 3.8) is 0 Å². The van der Waals surface area contributed by atoms with E-state index in [1.807, 2.05) is 16.7 Å². The van der Waals surface area contributed by atoms with Gasteiger partial charge in [0.25, 0.3) is 0 Å². The Morgan fingerprint density at radius 1 is 1.47 bits per heavy atom. The van der Waals surface area contributed by atoms with Gasteiger partial charge in [0.05, 0.1) is 6.20 Å². The van der Waals surface area contributed by atoms with Gasteiger partial charge in [-0.3, -0.25) is 0 Å². The van der Waals surface area contributed by atoms with Gasteiger partial charge < -0.3 is 9.67 Å². The van der Waals surface area contributed by atoms with Crippen LogP contribution in [0.25, 0.3) is 11.4 Å². The Bertz CT molecular complexity index is 479. The molecule has 0 atom stereocenters. The van der Waals surface area contributed by atoms with Crippen LogP contribution in [0.2, 0.25) is 0 Å². The Morgan fingerprint density at radius 3 is 2.93 bits per heavy atom. The van der Waals surface area contributed by atoms with Crippen LogP contribution in [0, 0.1) is 0 Å². The van der Waals surface area contributed by atoms with Crippen molar-refractivity contribution < 1.29 is 5.11 Å². The number of nitrogens with zero attached hydrogens (tertiary/aromatic N) is 2. The van der Waals surface area contributed by atoms with Gasteiger partial charge in [-0.05, 0) is 35.0 Å². The monoisotopic (exact) mass is 266 g/mol. The molecule has 0 aliphatic heterocycles. The number of aromatic hydroxyl groups is 1. The van der Waals surface area contributed by atoms with Crippen LogP contribution in [0.3, 0.4) is 0 Å². The average molecular weight is 267 g/mol. The molecule has 0 saturated carbocycles. The smallest absolute Gasteiger partial charge is 0.140 e. The molecule has 0 aliphatic rings. The van der Waals surface area contributed by atoms with E-state index in [4.69, 9.17) is 0 Å². The number of aromatic nitrogens is 2. The summed E-state index contributed by atoms with van der Waals surface area (Å²) in [6.45, 7) is 2.89. The van der Waals surface area contributed by atoms with Crippen molar-refractivity contribution in [2.45, 2.75) is 13.5 Å². The maximum atomic E-state index is 9.40. The van der Waals surface area contributed by atoms with E-state index in [2.05, 4.69) is 27.8 Å². The summed E-state index contributed by atoms with van der Waals surface area (Å²) in [6, 6.07) is 7.10. The van der Waals surface area contributed by atoms with E-state index in [1.54, 1.807) is 18.3 Å². The molecule has 0 amide bonds. The van der Waals surface area contributed by atoms with E-state index in [0.29, 0.717) is 0 Å². The van der Waals surface area contributed by atoms with Gasteiger partial charge in [-0.1, -0.05) is 12.1 Å². The molecular weight excluding hydrogens is 256 g/mol. The number of phenols is 1. The van der Waals surface area contributed by atoms with Crippen molar-refractivity contribution in [1.82, 2.24) is 9.55 Å². The van der Waals surface area contributed by atoms with Gasteiger partial charge in [0, 0.05) is 12.1 Å². The summed E-state index contributed by atoms with van der Waals surface area (Å²) in [4.78, 5) is 4.30. The minimum absolute atomic E-state index is 0.259. The maximum Gasteiger partial charge on any atom is 0.140 e. The van der Waals surface area contributed by atoms with Crippen LogP contribution in [-0.2, 0) is 6.54 Å². The molecule has 1 aromatic heterocycles. The summed E-state index contributed by atoms with van der Waals surface area (Å²) < 4.78 is 2.98. The van der Waals surface area contributed by atoms with Gasteiger partial charge >= 0.3 is 0 Å². The largest absolute Gasteiger partial charge is 0.508 e. The Hall–Kier alpha value is -1.29. The molecule has 0 saturated heterocycles. The summed E-state index contributed by atoms with van der Waals surface area (Å²) in [5.41, 5.74) is 0.919. The number of benzene rings is 1. The van der Waals surface area contributed by atoms with E-state index < -0.39 is 0 Å². The quantitative estimate of drug-likeness (QED) is 0.908. The van der Waals surface area contributed by atoms with Gasteiger partial charge in [0.2, 0.25) is 0 Å². The number of hydrogen-bond donors (Lipinski definition) is 1. The highest BCUT2D eigenvalue weighted by atomic mass is 79.9. The second-order valence-corrected chi connectivity index (χ2v) is 4.01. The first-order valence-corrected chi connectivity index (χ1v) is 5.52. The first-order valence-electron chi connectivity index (χ1n) is 4.72. The highest BCUT2D eigenvalue weighted by Crippen LogP contribution is 2.25. The predicted octanol–water partition coefficient (Wildman–Crippen LogP) is 3.04. The molecule has 1 aromatic carbocycles. The van der Waals surface area contributed by atoms with Crippen LogP contribution in [0.1, 0.15) is 6.92 Å². The van der Waals surface area contributed by atoms with E-state index in [0.717, 1.165) is 22.5 Å². The zero-order chi connectivity index (χ0) is 10.8. The fraction of sp³-hybridized carbons (Fsp3) is 0.182. The SMILES string of the molecule is CCn1c(Br)cnc1-c1cccc(O)c1. The molecule has 0 fully saturated rings. The predicted molar refractivity (Wildman–Crippen MR) is 62.7 cm³/mol. The number of rotatable bonds is 2. The third-order valence-corrected chi connectivity index (χ3v) is 2.86. The number of phenolic OH excluding ortho intramolecular Hbond substituents is 1. The minimum Gasteiger partial charge on any atom is -0.508 e. The molecule has 78 valence electrons. The summed E-state index contributed by atoms with van der Waals surface area (Å²) in [5.74, 6) is 1.12. The van der Waals surface area contributed by atoms with Crippen LogP contribution in [0.5, 0.6) is 5.75 Å². The molecule has 0 aliphatic carbocycles. The highest BCUT2D eigenvalue weighted by molar-refractivity contribution is 9.10. The van der Waals surface area contributed by atoms with E-state index in [1.165, 1.54) is 0 Å². The Labute approximate surface area is 96.5 Å². The van der Waals surface area contributed by atoms with Crippen LogP contribution in [-0.4, -0.2) is 14.7 Å². The molecule has 0 bridgehead atoms. The van der Waals surface area contributed by atoms with E-state index >= 15 is 0 Å². The first kappa shape index (κ1) is 10.2. The zero-order valence-electron chi connectivity index (χ0n) is 8.31. The number of halogens is 1. The summed E-state index contributed by atoms with van der Waals surface area (Å²) in [7, 11) is 0. The molecule has 2 aromatic rings. The molecular formula is C11H11BrN2O. The summed E-state index contributed by atoms with van der Waals surface area (Å²) >= 11 is 3.43. The molecule has 0 spiro atoms. The number of imidazole rings is 1. The van der Waals surface area contributed by atoms with Gasteiger partial charge in [-0.15, -0.1) is 0 Å². The lowest BCUT2D eigenvalue weighted by Crippen LogP contribution is -1.97. The average Bonchev–Trinajstić information content (AvgIpc) is 2.59. The molecule has 0 unspecified atom stereocenters. The van der Waals surface area contributed by atoms with Crippen molar-refractivity contribution in [3.8, 4) is 17.1 Å². The maximum absolute atomic E-state index is 9.40. The zero-order valence-corrected chi connectivity index (χ0v) is 9.90. The Morgan fingerprint density at radius 2 is 2.27 bits per heavy atom. The molecule has 3 nitrogen and oxygen atoms in total. The van der Waals surface area contributed by atoms with Crippen molar-refractivity contribution in [2.75, 3.05) is 0 Å². The molecule has 4 heteroatoms. The third kappa shape index (κ3) is 1.90. The summed E-state index contributed by atoms with van der Waals surface area (Å²) in [6.07, 6.45) is 1.77. The number of hydrogen-bond acceptors (Lipinski definition) is 2. The molecule has 15 heavy (non-hydrogen) atoms. The fourth-order valence-electron chi connectivity index (χ4n) is 1.53. The van der Waals surface area contributed by atoms with Crippen molar-refractivity contribution >= 4 is 15.9 Å². The van der Waals surface area contributed by atoms with Crippen LogP contribution in [0.4, 0.5) is 0 Å². The normalized spacial score (nSPS) is 10.5. The minimum atomic E-state index is 0.259. The molecule has 1 heterocycles. The second kappa shape index (κ2) is 4.06. The second-order valence-electron chi connectivity index (χ2n) is 3.20. The molecule has 0 radical (unpaired) electrons. The van der Waals surface area contributed by atoms with Crippen molar-refractivity contribution in [3.05, 3.63) is 35.1 Å². The fourth-order valence-corrected chi connectivity index (χ4v) is 2.05. The first-order chi connectivity index (χ1) is 7.22. The van der Waals surface area contributed by atoms with E-state index in [9.17, 15) is 5.11 Å². The van der Waals surface area contributed by atoms with Gasteiger partial charge in [-0.25, -0.2) is 4.98 Å². The van der Waals surface area contributed by atoms with Crippen LogP contribution in [0.15, 0.2) is 35.1 Å². The lowest BCUT2D eigenvalue weighted by atomic mass is 10.2. The summed E-state index contributed by atoms with van der Waals surface area (Å²) in [5, 5.41) is 9.40. The van der Waals surface area contributed by atoms with Crippen LogP contribution < -0.4 is 0 Å². The molecule has 1 N–H and O–H groups in total. The van der Waals surface area contributed by atoms with Crippen molar-refractivity contribution in [2.24, 2.45) is 0 Å². The lowest BCUT2D eigenvalue weighted by molar-refractivity contribution is 0.475. The highest BCUT2D eigenvalue weighted by Gasteiger charge is 2.08. The van der Waals surface area contributed by atoms with Crippen LogP contribution >= 0.6 is 15.9 Å². The lowest BCUT2D eigenvalue weighted by Gasteiger charge is -2.06. The Kier molecular flexibility index (Phi) is 2.77. The van der Waals surface area contributed by atoms with Crippen molar-refractivity contribution in [1.29, 1.82) is 0 Å². The van der Waals surface area contributed by atoms with Gasteiger partial charge in [-0.2, -0.15) is 0 Å². The van der Waals surface area contributed by atoms with Gasteiger partial charge in [0.1, 0.15) is 16.2 Å².